The molecule has 0 aromatic rings. The predicted octanol–water partition coefficient (Wildman–Crippen LogP) is -13.0. The molecule has 0 saturated carbocycles. The Hall–Kier alpha value is -1.09. The summed E-state index contributed by atoms with van der Waals surface area (Å²) in [5.74, 6) is 0. The van der Waals surface area contributed by atoms with E-state index in [1.54, 1.807) is 0 Å². The average molecular weight is 1080 g/mol. The monoisotopic (exact) mass is 1080 g/mol. The second-order valence-electron chi connectivity index (χ2n) is 17.7. The van der Waals surface area contributed by atoms with Crippen LogP contribution in [0.4, 0.5) is 0 Å². The minimum absolute atomic E-state index is 1.02. The van der Waals surface area contributed by atoms with Gasteiger partial charge in [0.1, 0.15) is 146 Å². The Balaban J connectivity index is 1.22. The van der Waals surface area contributed by atoms with Crippen molar-refractivity contribution in [2.75, 3.05) is 46.4 Å². The molecule has 0 aromatic heterocycles. The van der Waals surface area contributed by atoms with Gasteiger partial charge in [0.25, 0.3) is 0 Å². The van der Waals surface area contributed by atoms with Crippen molar-refractivity contribution >= 4 is 7.82 Å². The first-order valence-electron chi connectivity index (χ1n) is 22.4. The molecule has 0 spiro atoms. The van der Waals surface area contributed by atoms with Gasteiger partial charge >= 0.3 is 7.82 Å². The van der Waals surface area contributed by atoms with E-state index in [-0.39, 0.29) is 0 Å². The summed E-state index contributed by atoms with van der Waals surface area (Å²) in [6.45, 7) is -7.70. The van der Waals surface area contributed by atoms with E-state index in [1.165, 1.54) is 0 Å². The Bertz CT molecular complexity index is 1730. The standard InChI is InChI=1S/C37H63O34P/c38-1-8-25-14(44)19(49)32(60-8)67-26-9(2-39)62-34(21(51)16(26)46)69-28-11(4-41)64-36(23(53)18(28)48)71-30-13(6-43)65-37(24(54)31(30)58-7-59-72(55,56)57)70-29-12(5-42)63-35(22(52)17(29)47)68-27-10(3-40)61-33(66-25)20(50)15(27)45/h8-54H,1-7H2,(H2,55,56,57)/t8-,9-,10-,11-,12-,13-,14-,15-,16-,17-,18-,19-,20-,21-,22-,23-,24-,25-,26-,27-,28-,29-,30+,31-,32-,33-,34-,35-,36-,37-/m1/s1. The topological polar surface area (TPSA) is 531 Å². The summed E-state index contributed by atoms with van der Waals surface area (Å²) in [6, 6.07) is 0. The SMILES string of the molecule is O=P(O)(O)OCO[C@@H]1[C@@H](O)[C@H]2O[C@H]3[C@H](O)[C@@H](O)[C@@H](O[C@H]4[C@H](O)[C@@H](O)[C@@H](O[C@H]5[C@H](O)[C@@H](O)[C@@H](O[C@H]6[C@H](O)[C@@H](O)[C@@H](O[C@H]7[C@H](O)[C@@H](O)[C@@H](O[C@H]1[C@@H](CO)O2)O[C@@H]7CO)O[C@@H]6CO)O[C@@H]5CO)O[C@@H]4CO)O[C@@H]3CO. The second kappa shape index (κ2) is 24.7. The number of phosphoric ester groups is 1. The van der Waals surface area contributed by atoms with Gasteiger partial charge in [-0.3, -0.25) is 4.52 Å². The van der Waals surface area contributed by atoms with Crippen molar-refractivity contribution in [3.05, 3.63) is 0 Å². The first-order chi connectivity index (χ1) is 34.1. The zero-order chi connectivity index (χ0) is 52.7. The number of hydrogen-bond donors (Lipinski definition) is 19. The number of aliphatic hydroxyl groups excluding tert-OH is 17. The summed E-state index contributed by atoms with van der Waals surface area (Å²) in [7, 11) is -5.29. The van der Waals surface area contributed by atoms with Crippen LogP contribution < -0.4 is 0 Å². The Labute approximate surface area is 405 Å². The van der Waals surface area contributed by atoms with Gasteiger partial charge in [0, 0.05) is 0 Å². The Morgan fingerprint density at radius 3 is 0.736 bits per heavy atom. The molecular weight excluding hydrogens is 1020 g/mol. The van der Waals surface area contributed by atoms with Gasteiger partial charge in [-0.1, -0.05) is 0 Å². The lowest BCUT2D eigenvalue weighted by Gasteiger charge is -2.51. The molecular formula is C37H63O34P. The predicted molar refractivity (Wildman–Crippen MR) is 213 cm³/mol. The highest BCUT2D eigenvalue weighted by Gasteiger charge is 2.59. The van der Waals surface area contributed by atoms with Crippen LogP contribution in [0.15, 0.2) is 0 Å². The van der Waals surface area contributed by atoms with Crippen molar-refractivity contribution in [3.8, 4) is 0 Å². The van der Waals surface area contributed by atoms with Crippen LogP contribution in [0, 0.1) is 0 Å². The van der Waals surface area contributed by atoms with Crippen LogP contribution in [0.2, 0.25) is 0 Å². The maximum Gasteiger partial charge on any atom is 0.471 e. The van der Waals surface area contributed by atoms with Gasteiger partial charge in [0.15, 0.2) is 44.5 Å². The average Bonchev–Trinajstić information content (AvgIpc) is 3.35. The summed E-state index contributed by atoms with van der Waals surface area (Å²) in [6.07, 6.45) is -60.6. The molecule has 420 valence electrons. The van der Waals surface area contributed by atoms with Crippen LogP contribution in [0.1, 0.15) is 0 Å². The summed E-state index contributed by atoms with van der Waals surface area (Å²) in [5.41, 5.74) is 0. The number of ether oxygens (including phenoxy) is 13. The molecule has 34 nitrogen and oxygen atoms in total. The molecule has 12 bridgehead atoms. The number of phosphoric acid groups is 1. The van der Waals surface area contributed by atoms with Crippen molar-refractivity contribution in [2.45, 2.75) is 184 Å². The molecule has 22 rings (SSSR count). The third-order valence-electron chi connectivity index (χ3n) is 13.1. The second-order valence-corrected chi connectivity index (χ2v) is 19.0. The van der Waals surface area contributed by atoms with E-state index in [4.69, 9.17) is 61.6 Å². The van der Waals surface area contributed by atoms with E-state index in [9.17, 15) is 101 Å². The molecule has 35 heteroatoms. The normalized spacial score (nSPS) is 52.0. The lowest BCUT2D eigenvalue weighted by Crippen LogP contribution is -2.69. The van der Waals surface area contributed by atoms with E-state index < -0.39 is 238 Å². The molecule has 0 aliphatic carbocycles. The van der Waals surface area contributed by atoms with Crippen molar-refractivity contribution in [1.29, 1.82) is 0 Å². The Morgan fingerprint density at radius 2 is 0.514 bits per heavy atom. The van der Waals surface area contributed by atoms with Gasteiger partial charge in [-0.15, -0.1) is 0 Å². The maximum absolute atomic E-state index is 11.6. The highest BCUT2D eigenvalue weighted by atomic mass is 31.2. The van der Waals surface area contributed by atoms with Crippen LogP contribution in [0.3, 0.4) is 0 Å². The van der Waals surface area contributed by atoms with E-state index in [1.807, 2.05) is 0 Å². The smallest absolute Gasteiger partial charge is 0.394 e. The fourth-order valence-corrected chi connectivity index (χ4v) is 9.48. The van der Waals surface area contributed by atoms with Crippen LogP contribution in [0.5, 0.6) is 0 Å². The van der Waals surface area contributed by atoms with Gasteiger partial charge in [0.2, 0.25) is 0 Å². The van der Waals surface area contributed by atoms with E-state index in [0.717, 1.165) is 0 Å². The fourth-order valence-electron chi connectivity index (χ4n) is 9.28. The molecule has 0 amide bonds. The molecule has 22 fully saturated rings. The lowest BCUT2D eigenvalue weighted by atomic mass is 9.94. The van der Waals surface area contributed by atoms with E-state index in [2.05, 4.69) is 4.52 Å². The Morgan fingerprint density at radius 1 is 0.306 bits per heavy atom. The minimum atomic E-state index is -5.29. The zero-order valence-electron chi connectivity index (χ0n) is 37.3. The van der Waals surface area contributed by atoms with Gasteiger partial charge < -0.3 is 158 Å². The molecule has 0 aromatic carbocycles. The van der Waals surface area contributed by atoms with Gasteiger partial charge in [-0.2, -0.15) is 0 Å². The van der Waals surface area contributed by atoms with Gasteiger partial charge in [-0.25, -0.2) is 4.57 Å². The first kappa shape index (κ1) is 58.6. The van der Waals surface area contributed by atoms with Crippen LogP contribution in [-0.2, 0) is 70.7 Å². The summed E-state index contributed by atoms with van der Waals surface area (Å²) in [5, 5.41) is 187. The number of rotatable bonds is 10. The highest BCUT2D eigenvalue weighted by Crippen LogP contribution is 2.40. The van der Waals surface area contributed by atoms with Crippen LogP contribution in [-0.4, -0.2) is 327 Å². The van der Waals surface area contributed by atoms with Crippen molar-refractivity contribution in [1.82, 2.24) is 0 Å². The summed E-state index contributed by atoms with van der Waals surface area (Å²) in [4.78, 5) is 18.6. The maximum atomic E-state index is 11.6. The number of hydrogen-bond acceptors (Lipinski definition) is 32. The molecule has 0 unspecified atom stereocenters. The molecule has 19 N–H and O–H groups in total. The van der Waals surface area contributed by atoms with E-state index in [0.29, 0.717) is 0 Å². The molecule has 0 radical (unpaired) electrons. The molecule has 22 aliphatic rings. The minimum Gasteiger partial charge on any atom is -0.394 e. The third-order valence-corrected chi connectivity index (χ3v) is 13.6. The third kappa shape index (κ3) is 12.1. The molecule has 22 aliphatic heterocycles. The Kier molecular flexibility index (Phi) is 20.1. The summed E-state index contributed by atoms with van der Waals surface area (Å²) >= 11 is 0. The molecule has 22 saturated heterocycles. The van der Waals surface area contributed by atoms with Crippen LogP contribution >= 0.6 is 7.82 Å². The fraction of sp³-hybridized carbons (Fsp3) is 1.00. The van der Waals surface area contributed by atoms with E-state index >= 15 is 0 Å². The lowest BCUT2D eigenvalue weighted by molar-refractivity contribution is -0.405. The van der Waals surface area contributed by atoms with Crippen molar-refractivity contribution in [2.24, 2.45) is 0 Å². The molecule has 30 atom stereocenters. The highest BCUT2D eigenvalue weighted by molar-refractivity contribution is 7.46. The summed E-state index contributed by atoms with van der Waals surface area (Å²) < 4.78 is 89.7. The van der Waals surface area contributed by atoms with Crippen molar-refractivity contribution in [3.63, 3.8) is 0 Å². The first-order valence-corrected chi connectivity index (χ1v) is 24.0. The number of aliphatic hydroxyl groups is 17. The van der Waals surface area contributed by atoms with Gasteiger partial charge in [0.05, 0.1) is 39.6 Å². The van der Waals surface area contributed by atoms with Crippen molar-refractivity contribution < 1.29 is 167 Å². The quantitative estimate of drug-likeness (QED) is 0.0713. The largest absolute Gasteiger partial charge is 0.471 e. The molecule has 22 heterocycles. The zero-order valence-corrected chi connectivity index (χ0v) is 38.2. The van der Waals surface area contributed by atoms with Gasteiger partial charge in [-0.05, 0) is 0 Å². The molecule has 72 heavy (non-hydrogen) atoms. The van der Waals surface area contributed by atoms with Crippen LogP contribution in [0.25, 0.3) is 0 Å².